The molecule has 7 nitrogen and oxygen atoms in total. The third-order valence-electron chi connectivity index (χ3n) is 3.87. The van der Waals surface area contributed by atoms with Gasteiger partial charge in [0.05, 0.1) is 12.8 Å². The van der Waals surface area contributed by atoms with Crippen molar-refractivity contribution in [2.75, 3.05) is 0 Å². The van der Waals surface area contributed by atoms with Crippen molar-refractivity contribution in [3.05, 3.63) is 77.0 Å². The van der Waals surface area contributed by atoms with Gasteiger partial charge in [-0.15, -0.1) is 0 Å². The van der Waals surface area contributed by atoms with Gasteiger partial charge < -0.3 is 15.5 Å². The fourth-order valence-corrected chi connectivity index (χ4v) is 2.29. The largest absolute Gasteiger partial charge is 0.411 e. The number of rotatable bonds is 5. The Hall–Kier alpha value is -3.58. The zero-order valence-electron chi connectivity index (χ0n) is 15.6. The van der Waals surface area contributed by atoms with Crippen LogP contribution in [0.4, 0.5) is 0 Å². The topological polar surface area (TPSA) is 119 Å². The lowest BCUT2D eigenvalue weighted by Crippen LogP contribution is -1.92. The molecule has 0 radical (unpaired) electrons. The molecule has 0 unspecified atom stereocenters. The van der Waals surface area contributed by atoms with Gasteiger partial charge in [-0.1, -0.05) is 58.8 Å². The molecule has 3 N–H and O–H groups in total. The summed E-state index contributed by atoms with van der Waals surface area (Å²) in [4.78, 5) is 21.9. The van der Waals surface area contributed by atoms with Crippen molar-refractivity contribution < 1.29 is 19.3 Å². The normalized spacial score (nSPS) is 10.4. The molecule has 0 atom stereocenters. The maximum absolute atomic E-state index is 11.1. The van der Waals surface area contributed by atoms with Crippen LogP contribution in [-0.4, -0.2) is 28.1 Å². The number of hydrogen-bond donors (Lipinski definition) is 2. The van der Waals surface area contributed by atoms with Crippen molar-refractivity contribution >= 4 is 17.8 Å². The summed E-state index contributed by atoms with van der Waals surface area (Å²) in [6, 6.07) is 15.8. The Labute approximate surface area is 162 Å². The molecule has 3 rings (SSSR count). The maximum atomic E-state index is 11.1. The van der Waals surface area contributed by atoms with Crippen molar-refractivity contribution in [1.29, 1.82) is 0 Å². The molecule has 0 fully saturated rings. The summed E-state index contributed by atoms with van der Waals surface area (Å²) in [5.41, 5.74) is 9.18. The van der Waals surface area contributed by atoms with E-state index in [0.29, 0.717) is 23.4 Å². The van der Waals surface area contributed by atoms with Gasteiger partial charge in [-0.3, -0.25) is 9.59 Å². The molecule has 0 aliphatic rings. The van der Waals surface area contributed by atoms with E-state index in [0.717, 1.165) is 16.8 Å². The van der Waals surface area contributed by atoms with Crippen LogP contribution in [0, 0.1) is 0 Å². The van der Waals surface area contributed by atoms with E-state index < -0.39 is 0 Å². The van der Waals surface area contributed by atoms with Crippen molar-refractivity contribution in [2.24, 2.45) is 10.9 Å². The van der Waals surface area contributed by atoms with Crippen molar-refractivity contribution in [2.45, 2.75) is 20.4 Å². The van der Waals surface area contributed by atoms with Gasteiger partial charge in [0.2, 0.25) is 0 Å². The Morgan fingerprint density at radius 3 is 2.00 bits per heavy atom. The van der Waals surface area contributed by atoms with E-state index in [2.05, 4.69) is 10.3 Å². The monoisotopic (exact) mass is 379 g/mol. The Morgan fingerprint density at radius 1 is 1.04 bits per heavy atom. The number of oxime groups is 1. The summed E-state index contributed by atoms with van der Waals surface area (Å²) in [5, 5.41) is 15.0. The van der Waals surface area contributed by atoms with E-state index >= 15 is 0 Å². The first-order valence-electron chi connectivity index (χ1n) is 8.50. The molecule has 0 bridgehead atoms. The zero-order valence-corrected chi connectivity index (χ0v) is 15.6. The molecule has 7 heteroatoms. The second kappa shape index (κ2) is 9.94. The Bertz CT molecular complexity index is 958. The van der Waals surface area contributed by atoms with Crippen molar-refractivity contribution in [1.82, 2.24) is 5.16 Å². The van der Waals surface area contributed by atoms with E-state index in [1.54, 1.807) is 42.5 Å². The van der Waals surface area contributed by atoms with Crippen LogP contribution in [0.3, 0.4) is 0 Å². The first-order valence-corrected chi connectivity index (χ1v) is 8.50. The number of aromatic nitrogens is 1. The summed E-state index contributed by atoms with van der Waals surface area (Å²) >= 11 is 0. The SMILES string of the molecule is CC(=O)c1ccc(-c2cc(CN)on2)cc1.CC(=O)c1ccc(C=NO)cc1. The molecule has 0 amide bonds. The molecule has 144 valence electrons. The average Bonchev–Trinajstić information content (AvgIpc) is 3.18. The van der Waals surface area contributed by atoms with Crippen LogP contribution < -0.4 is 5.73 Å². The molecule has 1 aromatic heterocycles. The molecular formula is C21H21N3O4. The van der Waals surface area contributed by atoms with Gasteiger partial charge in [0.25, 0.3) is 0 Å². The van der Waals surface area contributed by atoms with E-state index in [-0.39, 0.29) is 11.6 Å². The first-order chi connectivity index (χ1) is 13.4. The summed E-state index contributed by atoms with van der Waals surface area (Å²) < 4.78 is 5.00. The molecule has 0 saturated heterocycles. The highest BCUT2D eigenvalue weighted by Crippen LogP contribution is 2.19. The highest BCUT2D eigenvalue weighted by Gasteiger charge is 2.06. The Kier molecular flexibility index (Phi) is 7.36. The third kappa shape index (κ3) is 5.72. The molecule has 1 heterocycles. The van der Waals surface area contributed by atoms with E-state index in [1.807, 2.05) is 12.1 Å². The summed E-state index contributed by atoms with van der Waals surface area (Å²) in [7, 11) is 0. The fraction of sp³-hybridized carbons (Fsp3) is 0.143. The van der Waals surface area contributed by atoms with Crippen LogP contribution in [0.15, 0.2) is 64.3 Å². The van der Waals surface area contributed by atoms with Crippen LogP contribution in [0.1, 0.15) is 45.9 Å². The van der Waals surface area contributed by atoms with Gasteiger partial charge in [0.15, 0.2) is 17.3 Å². The smallest absolute Gasteiger partial charge is 0.159 e. The summed E-state index contributed by atoms with van der Waals surface area (Å²) in [6.07, 6.45) is 1.31. The first kappa shape index (κ1) is 20.7. The van der Waals surface area contributed by atoms with E-state index in [9.17, 15) is 9.59 Å². The van der Waals surface area contributed by atoms with Crippen LogP contribution in [0.25, 0.3) is 11.3 Å². The van der Waals surface area contributed by atoms with Gasteiger partial charge in [0.1, 0.15) is 5.69 Å². The second-order valence-electron chi connectivity index (χ2n) is 5.94. The van der Waals surface area contributed by atoms with Crippen molar-refractivity contribution in [3.8, 4) is 11.3 Å². The maximum Gasteiger partial charge on any atom is 0.159 e. The molecular weight excluding hydrogens is 358 g/mol. The number of nitrogens with two attached hydrogens (primary N) is 1. The quantitative estimate of drug-likeness (QED) is 0.302. The number of carbonyl (C=O) groups excluding carboxylic acids is 2. The highest BCUT2D eigenvalue weighted by molar-refractivity contribution is 5.95. The molecule has 0 aliphatic heterocycles. The van der Waals surface area contributed by atoms with Crippen LogP contribution in [0.5, 0.6) is 0 Å². The Balaban J connectivity index is 0.000000209. The number of benzene rings is 2. The Morgan fingerprint density at radius 2 is 1.57 bits per heavy atom. The van der Waals surface area contributed by atoms with E-state index in [4.69, 9.17) is 15.5 Å². The minimum Gasteiger partial charge on any atom is -0.411 e. The number of hydrogen-bond acceptors (Lipinski definition) is 7. The second-order valence-corrected chi connectivity index (χ2v) is 5.94. The highest BCUT2D eigenvalue weighted by atomic mass is 16.5. The van der Waals surface area contributed by atoms with Crippen LogP contribution >= 0.6 is 0 Å². The predicted molar refractivity (Wildman–Crippen MR) is 106 cm³/mol. The number of carbonyl (C=O) groups is 2. The lowest BCUT2D eigenvalue weighted by Gasteiger charge is -1.97. The van der Waals surface area contributed by atoms with Crippen LogP contribution in [0.2, 0.25) is 0 Å². The predicted octanol–water partition coefficient (Wildman–Crippen LogP) is 3.70. The third-order valence-corrected chi connectivity index (χ3v) is 3.87. The molecule has 0 spiro atoms. The molecule has 28 heavy (non-hydrogen) atoms. The minimum absolute atomic E-state index is 0.0301. The van der Waals surface area contributed by atoms with Gasteiger partial charge in [-0.25, -0.2) is 0 Å². The average molecular weight is 379 g/mol. The number of Topliss-reactive ketones (excluding diaryl/α,β-unsaturated/α-hetero) is 2. The number of ketones is 2. The van der Waals surface area contributed by atoms with Gasteiger partial charge >= 0.3 is 0 Å². The van der Waals surface area contributed by atoms with E-state index in [1.165, 1.54) is 20.1 Å². The molecule has 0 aliphatic carbocycles. The fourth-order valence-electron chi connectivity index (χ4n) is 2.29. The standard InChI is InChI=1S/C12H12N2O2.C9H9NO2/c1-8(15)9-2-4-10(5-3-9)12-6-11(7-13)16-14-12;1-7(11)9-4-2-8(3-5-9)6-10-12/h2-6H,7,13H2,1H3;2-6,12H,1H3. The lowest BCUT2D eigenvalue weighted by atomic mass is 10.1. The van der Waals surface area contributed by atoms with Gasteiger partial charge in [-0.2, -0.15) is 0 Å². The minimum atomic E-state index is 0.0301. The number of nitrogens with zero attached hydrogens (tertiary/aromatic N) is 2. The zero-order chi connectivity index (χ0) is 20.5. The van der Waals surface area contributed by atoms with Crippen molar-refractivity contribution in [3.63, 3.8) is 0 Å². The van der Waals surface area contributed by atoms with Crippen LogP contribution in [-0.2, 0) is 6.54 Å². The summed E-state index contributed by atoms with van der Waals surface area (Å²) in [5.74, 6) is 0.725. The molecule has 3 aromatic rings. The van der Waals surface area contributed by atoms with Gasteiger partial charge in [-0.05, 0) is 19.4 Å². The molecule has 2 aromatic carbocycles. The molecule has 0 saturated carbocycles. The summed E-state index contributed by atoms with van der Waals surface area (Å²) in [6.45, 7) is 3.38. The lowest BCUT2D eigenvalue weighted by molar-refractivity contribution is 0.100. The van der Waals surface area contributed by atoms with Gasteiger partial charge in [0, 0.05) is 22.8 Å².